The van der Waals surface area contributed by atoms with E-state index in [0.717, 1.165) is 0 Å². The third kappa shape index (κ3) is 4.68. The molecule has 1 amide bonds. The Morgan fingerprint density at radius 3 is 2.56 bits per heavy atom. The van der Waals surface area contributed by atoms with Gasteiger partial charge in [0.25, 0.3) is 5.69 Å². The average Bonchev–Trinajstić information content (AvgIpc) is 2.90. The summed E-state index contributed by atoms with van der Waals surface area (Å²) in [7, 11) is 0. The lowest BCUT2D eigenvalue weighted by atomic mass is 9.96. The molecular formula is C17H22N2O6. The van der Waals surface area contributed by atoms with Gasteiger partial charge in [-0.15, -0.1) is 0 Å². The minimum atomic E-state index is -1.10. The van der Waals surface area contributed by atoms with E-state index in [1.807, 2.05) is 0 Å². The zero-order valence-corrected chi connectivity index (χ0v) is 14.5. The number of hydrogen-bond donors (Lipinski definition) is 1. The van der Waals surface area contributed by atoms with Gasteiger partial charge in [-0.3, -0.25) is 15.0 Å². The van der Waals surface area contributed by atoms with Crippen LogP contribution in [0.1, 0.15) is 32.8 Å². The first-order valence-corrected chi connectivity index (χ1v) is 8.03. The number of aliphatic carboxylic acids is 1. The van der Waals surface area contributed by atoms with Gasteiger partial charge >= 0.3 is 12.1 Å². The summed E-state index contributed by atoms with van der Waals surface area (Å²) in [4.78, 5) is 35.7. The molecule has 0 radical (unpaired) electrons. The number of likely N-dealkylation sites (tertiary alicyclic amines) is 1. The maximum absolute atomic E-state index is 12.3. The van der Waals surface area contributed by atoms with Crippen molar-refractivity contribution in [2.24, 2.45) is 5.92 Å². The third-order valence-electron chi connectivity index (χ3n) is 4.00. The number of benzene rings is 1. The molecule has 2 rings (SSSR count). The molecule has 0 bridgehead atoms. The van der Waals surface area contributed by atoms with Crippen LogP contribution in [-0.4, -0.2) is 45.2 Å². The fourth-order valence-electron chi connectivity index (χ4n) is 3.00. The van der Waals surface area contributed by atoms with Gasteiger partial charge in [0.05, 0.1) is 4.92 Å². The number of para-hydroxylation sites is 1. The highest BCUT2D eigenvalue weighted by atomic mass is 16.6. The van der Waals surface area contributed by atoms with Crippen LogP contribution in [0.4, 0.5) is 10.5 Å². The zero-order chi connectivity index (χ0) is 18.8. The van der Waals surface area contributed by atoms with Crippen LogP contribution >= 0.6 is 0 Å². The Hall–Kier alpha value is -2.64. The molecule has 1 fully saturated rings. The molecule has 1 aliphatic heterocycles. The lowest BCUT2D eigenvalue weighted by molar-refractivity contribution is -0.385. The molecule has 1 aromatic rings. The van der Waals surface area contributed by atoms with Crippen molar-refractivity contribution in [1.82, 2.24) is 4.90 Å². The maximum atomic E-state index is 12.3. The van der Waals surface area contributed by atoms with Gasteiger partial charge in [0.15, 0.2) is 0 Å². The number of nitrogens with zero attached hydrogens (tertiary/aromatic N) is 2. The Bertz CT molecular complexity index is 682. The molecule has 0 aliphatic carbocycles. The molecule has 1 aromatic carbocycles. The Kier molecular flexibility index (Phi) is 5.30. The van der Waals surface area contributed by atoms with Gasteiger partial charge < -0.3 is 9.84 Å². The quantitative estimate of drug-likeness (QED) is 0.660. The molecule has 0 saturated carbocycles. The van der Waals surface area contributed by atoms with E-state index >= 15 is 0 Å². The molecule has 0 spiro atoms. The Morgan fingerprint density at radius 2 is 2.00 bits per heavy atom. The molecule has 1 saturated heterocycles. The third-order valence-corrected chi connectivity index (χ3v) is 4.00. The predicted octanol–water partition coefficient (Wildman–Crippen LogP) is 2.85. The van der Waals surface area contributed by atoms with Crippen molar-refractivity contribution >= 4 is 17.7 Å². The lowest BCUT2D eigenvalue weighted by Crippen LogP contribution is -2.43. The fourth-order valence-corrected chi connectivity index (χ4v) is 3.00. The van der Waals surface area contributed by atoms with Crippen LogP contribution in [0.25, 0.3) is 0 Å². The summed E-state index contributed by atoms with van der Waals surface area (Å²) in [5.41, 5.74) is -0.186. The molecule has 25 heavy (non-hydrogen) atoms. The van der Waals surface area contributed by atoms with Crippen LogP contribution in [0.2, 0.25) is 0 Å². The van der Waals surface area contributed by atoms with Crippen molar-refractivity contribution in [3.05, 3.63) is 39.9 Å². The summed E-state index contributed by atoms with van der Waals surface area (Å²) in [5, 5.41) is 20.5. The van der Waals surface area contributed by atoms with Crippen molar-refractivity contribution in [3.63, 3.8) is 0 Å². The van der Waals surface area contributed by atoms with Crippen molar-refractivity contribution < 1.29 is 24.4 Å². The van der Waals surface area contributed by atoms with E-state index in [0.29, 0.717) is 12.0 Å². The summed E-state index contributed by atoms with van der Waals surface area (Å²) in [6.45, 7) is 5.32. The summed E-state index contributed by atoms with van der Waals surface area (Å²) in [6.07, 6.45) is -0.106. The number of rotatable bonds is 4. The topological polar surface area (TPSA) is 110 Å². The number of nitro benzene ring substituents is 1. The SMILES string of the molecule is CC(C)(C)OC(=O)N1C[C@H](Cc2ccccc2[N+](=O)[O-])C[C@H]1C(=O)O. The number of ether oxygens (including phenoxy) is 1. The summed E-state index contributed by atoms with van der Waals surface area (Å²) < 4.78 is 5.28. The number of carbonyl (C=O) groups is 2. The summed E-state index contributed by atoms with van der Waals surface area (Å²) >= 11 is 0. The van der Waals surface area contributed by atoms with Gasteiger partial charge in [-0.25, -0.2) is 9.59 Å². The zero-order valence-electron chi connectivity index (χ0n) is 14.5. The Labute approximate surface area is 145 Å². The fraction of sp³-hybridized carbons (Fsp3) is 0.529. The summed E-state index contributed by atoms with van der Waals surface area (Å²) in [5.74, 6) is -1.29. The molecular weight excluding hydrogens is 328 g/mol. The summed E-state index contributed by atoms with van der Waals surface area (Å²) in [6, 6.07) is 5.39. The number of amides is 1. The van der Waals surface area contributed by atoms with Gasteiger partial charge in [-0.1, -0.05) is 18.2 Å². The van der Waals surface area contributed by atoms with E-state index in [9.17, 15) is 24.8 Å². The molecule has 2 atom stereocenters. The number of carboxylic acid groups (broad SMARTS) is 1. The van der Waals surface area contributed by atoms with E-state index in [1.54, 1.807) is 39.0 Å². The highest BCUT2D eigenvalue weighted by Crippen LogP contribution is 2.30. The van der Waals surface area contributed by atoms with Crippen molar-refractivity contribution in [2.75, 3.05) is 6.54 Å². The van der Waals surface area contributed by atoms with Gasteiger partial charge in [0.2, 0.25) is 0 Å². The maximum Gasteiger partial charge on any atom is 0.411 e. The largest absolute Gasteiger partial charge is 0.480 e. The van der Waals surface area contributed by atoms with Crippen molar-refractivity contribution in [3.8, 4) is 0 Å². The Balaban J connectivity index is 2.16. The molecule has 8 heteroatoms. The second-order valence-corrected chi connectivity index (χ2v) is 7.18. The van der Waals surface area contributed by atoms with Crippen LogP contribution in [0.15, 0.2) is 24.3 Å². The highest BCUT2D eigenvalue weighted by Gasteiger charge is 2.41. The van der Waals surface area contributed by atoms with Crippen LogP contribution in [0.5, 0.6) is 0 Å². The van der Waals surface area contributed by atoms with Crippen LogP contribution in [-0.2, 0) is 16.0 Å². The smallest absolute Gasteiger partial charge is 0.411 e. The average molecular weight is 350 g/mol. The van der Waals surface area contributed by atoms with E-state index in [2.05, 4.69) is 0 Å². The van der Waals surface area contributed by atoms with Crippen LogP contribution in [0.3, 0.4) is 0 Å². The van der Waals surface area contributed by atoms with Gasteiger partial charge in [-0.2, -0.15) is 0 Å². The lowest BCUT2D eigenvalue weighted by Gasteiger charge is -2.26. The number of hydrogen-bond acceptors (Lipinski definition) is 5. The minimum Gasteiger partial charge on any atom is -0.480 e. The van der Waals surface area contributed by atoms with Crippen molar-refractivity contribution in [1.29, 1.82) is 0 Å². The minimum absolute atomic E-state index is 0.00472. The number of carboxylic acids is 1. The number of nitro groups is 1. The van der Waals surface area contributed by atoms with Crippen LogP contribution in [0, 0.1) is 16.0 Å². The molecule has 0 aromatic heterocycles. The van der Waals surface area contributed by atoms with E-state index in [4.69, 9.17) is 4.74 Å². The second-order valence-electron chi connectivity index (χ2n) is 7.18. The van der Waals surface area contributed by atoms with E-state index in [1.165, 1.54) is 11.0 Å². The molecule has 136 valence electrons. The first kappa shape index (κ1) is 18.7. The monoisotopic (exact) mass is 350 g/mol. The molecule has 0 unspecified atom stereocenters. The molecule has 1 aliphatic rings. The van der Waals surface area contributed by atoms with E-state index < -0.39 is 28.6 Å². The predicted molar refractivity (Wildman–Crippen MR) is 89.3 cm³/mol. The van der Waals surface area contributed by atoms with Gasteiger partial charge in [-0.05, 0) is 39.5 Å². The Morgan fingerprint density at radius 1 is 1.36 bits per heavy atom. The molecule has 1 N–H and O–H groups in total. The molecule has 8 nitrogen and oxygen atoms in total. The number of carbonyl (C=O) groups excluding carboxylic acids is 1. The second kappa shape index (κ2) is 7.08. The van der Waals surface area contributed by atoms with Gasteiger partial charge in [0, 0.05) is 18.2 Å². The van der Waals surface area contributed by atoms with Gasteiger partial charge in [0.1, 0.15) is 11.6 Å². The standard InChI is InChI=1S/C17H22N2O6/c1-17(2,3)25-16(22)18-10-11(9-14(18)15(20)21)8-12-6-4-5-7-13(12)19(23)24/h4-7,11,14H,8-10H2,1-3H3,(H,20,21)/t11-,14+/m1/s1. The first-order chi connectivity index (χ1) is 11.6. The van der Waals surface area contributed by atoms with E-state index in [-0.39, 0.29) is 24.6 Å². The molecule has 1 heterocycles. The van der Waals surface area contributed by atoms with Crippen molar-refractivity contribution in [2.45, 2.75) is 45.3 Å². The first-order valence-electron chi connectivity index (χ1n) is 8.03. The normalized spacial score (nSPS) is 20.4. The highest BCUT2D eigenvalue weighted by molar-refractivity contribution is 5.81. The van der Waals surface area contributed by atoms with Crippen LogP contribution < -0.4 is 0 Å².